The van der Waals surface area contributed by atoms with Gasteiger partial charge in [0.05, 0.1) is 18.8 Å². The first-order valence-electron chi connectivity index (χ1n) is 12.0. The summed E-state index contributed by atoms with van der Waals surface area (Å²) in [7, 11) is -4.30. The number of carbonyl (C=O) groups excluding carboxylic acids is 2. The van der Waals surface area contributed by atoms with Gasteiger partial charge in [-0.05, 0) is 54.5 Å². The van der Waals surface area contributed by atoms with Crippen LogP contribution in [0.4, 0.5) is 10.2 Å². The molecule has 38 heavy (non-hydrogen) atoms. The normalized spacial score (nSPS) is 25.4. The average Bonchev–Trinajstić information content (AvgIpc) is 3.01. The Labute approximate surface area is 219 Å². The lowest BCUT2D eigenvalue weighted by Crippen LogP contribution is -2.46. The Morgan fingerprint density at radius 2 is 1.68 bits per heavy atom. The van der Waals surface area contributed by atoms with Crippen LogP contribution in [0.5, 0.6) is 0 Å². The highest BCUT2D eigenvalue weighted by Gasteiger charge is 2.55. The second kappa shape index (κ2) is 12.6. The number of esters is 2. The quantitative estimate of drug-likeness (QED) is 0.206. The van der Waals surface area contributed by atoms with Gasteiger partial charge in [-0.3, -0.25) is 18.7 Å². The highest BCUT2D eigenvalue weighted by atomic mass is 31.2. The SMILES string of the molecule is CC(C)OC(=O)[C@H](C)NP(=O)(N[C@@H](C)C(=O)OC(C)C)OC[C@@]1(C)O[C@@H](n2ccc(N)nc2=O)[C@H](O)[C@@H]1F. The monoisotopic (exact) mass is 565 g/mol. The molecule has 0 bridgehead atoms. The molecule has 16 heteroatoms. The van der Waals surface area contributed by atoms with Crippen LogP contribution < -0.4 is 21.6 Å². The Morgan fingerprint density at radius 1 is 1.18 bits per heavy atom. The molecule has 2 rings (SSSR count). The van der Waals surface area contributed by atoms with E-state index in [1.54, 1.807) is 27.7 Å². The van der Waals surface area contributed by atoms with E-state index < -0.39 is 80.3 Å². The smallest absolute Gasteiger partial charge is 0.351 e. The molecule has 1 aliphatic rings. The number of rotatable bonds is 12. The largest absolute Gasteiger partial charge is 0.462 e. The summed E-state index contributed by atoms with van der Waals surface area (Å²) in [6.07, 6.45) is -5.12. The number of nitrogens with two attached hydrogens (primary N) is 1. The van der Waals surface area contributed by atoms with Crippen LogP contribution in [-0.4, -0.2) is 75.4 Å². The number of aliphatic hydroxyl groups is 1. The first-order chi connectivity index (χ1) is 17.5. The average molecular weight is 566 g/mol. The maximum atomic E-state index is 15.3. The minimum atomic E-state index is -4.30. The summed E-state index contributed by atoms with van der Waals surface area (Å²) < 4.78 is 51.3. The van der Waals surface area contributed by atoms with E-state index in [2.05, 4.69) is 15.2 Å². The van der Waals surface area contributed by atoms with Gasteiger partial charge in [0.15, 0.2) is 12.4 Å². The number of hydrogen-bond acceptors (Lipinski definition) is 11. The number of nitrogens with one attached hydrogen (secondary N) is 2. The lowest BCUT2D eigenvalue weighted by molar-refractivity contribution is -0.149. The zero-order chi connectivity index (χ0) is 29.0. The van der Waals surface area contributed by atoms with Gasteiger partial charge in [0.1, 0.15) is 29.6 Å². The third-order valence-corrected chi connectivity index (χ3v) is 7.31. The summed E-state index contributed by atoms with van der Waals surface area (Å²) in [6.45, 7) is 9.77. The van der Waals surface area contributed by atoms with E-state index in [4.69, 9.17) is 24.5 Å². The lowest BCUT2D eigenvalue weighted by atomic mass is 10.0. The maximum absolute atomic E-state index is 15.3. The molecule has 6 atom stereocenters. The van der Waals surface area contributed by atoms with Gasteiger partial charge in [-0.1, -0.05) is 0 Å². The summed E-state index contributed by atoms with van der Waals surface area (Å²) in [5.41, 5.74) is 2.69. The summed E-state index contributed by atoms with van der Waals surface area (Å²) in [4.78, 5) is 40.4. The minimum Gasteiger partial charge on any atom is -0.462 e. The summed E-state index contributed by atoms with van der Waals surface area (Å²) >= 11 is 0. The Morgan fingerprint density at radius 3 is 2.13 bits per heavy atom. The molecule has 0 aromatic carbocycles. The summed E-state index contributed by atoms with van der Waals surface area (Å²) in [5, 5.41) is 15.4. The second-order valence-corrected chi connectivity index (χ2v) is 11.6. The van der Waals surface area contributed by atoms with Crippen molar-refractivity contribution < 1.29 is 42.4 Å². The number of anilines is 1. The molecular weight excluding hydrogens is 528 g/mol. The third-order valence-electron chi connectivity index (χ3n) is 5.36. The van der Waals surface area contributed by atoms with E-state index in [-0.39, 0.29) is 5.82 Å². The van der Waals surface area contributed by atoms with Crippen LogP contribution in [0.1, 0.15) is 54.7 Å². The molecule has 0 saturated carbocycles. The van der Waals surface area contributed by atoms with Crippen LogP contribution >= 0.6 is 7.67 Å². The van der Waals surface area contributed by atoms with Crippen LogP contribution in [-0.2, 0) is 32.9 Å². The topological polar surface area (TPSA) is 193 Å². The number of hydrogen-bond donors (Lipinski definition) is 4. The van der Waals surface area contributed by atoms with Crippen molar-refractivity contribution in [2.24, 2.45) is 0 Å². The van der Waals surface area contributed by atoms with Crippen molar-refractivity contribution in [2.45, 2.75) is 96.9 Å². The fourth-order valence-electron chi connectivity index (χ4n) is 3.49. The fourth-order valence-corrected chi connectivity index (χ4v) is 5.38. The molecule has 1 fully saturated rings. The molecule has 1 aliphatic heterocycles. The van der Waals surface area contributed by atoms with Crippen LogP contribution in [0.15, 0.2) is 17.1 Å². The number of halogens is 1. The number of ether oxygens (including phenoxy) is 3. The molecule has 14 nitrogen and oxygen atoms in total. The number of alkyl halides is 1. The number of aliphatic hydroxyl groups excluding tert-OH is 1. The van der Waals surface area contributed by atoms with E-state index in [0.717, 1.165) is 4.57 Å². The fraction of sp³-hybridized carbons (Fsp3) is 0.727. The van der Waals surface area contributed by atoms with Gasteiger partial charge >= 0.3 is 25.3 Å². The minimum absolute atomic E-state index is 0.0741. The lowest BCUT2D eigenvalue weighted by Gasteiger charge is -2.31. The van der Waals surface area contributed by atoms with Gasteiger partial charge in [0.2, 0.25) is 0 Å². The van der Waals surface area contributed by atoms with Crippen molar-refractivity contribution in [3.63, 3.8) is 0 Å². The van der Waals surface area contributed by atoms with E-state index >= 15 is 4.39 Å². The van der Waals surface area contributed by atoms with Crippen molar-refractivity contribution in [3.8, 4) is 0 Å². The first-order valence-corrected chi connectivity index (χ1v) is 13.7. The highest BCUT2D eigenvalue weighted by Crippen LogP contribution is 2.45. The summed E-state index contributed by atoms with van der Waals surface area (Å²) in [5.74, 6) is -1.57. The van der Waals surface area contributed by atoms with E-state index in [1.165, 1.54) is 33.0 Å². The van der Waals surface area contributed by atoms with Crippen LogP contribution in [0.25, 0.3) is 0 Å². The molecule has 0 spiro atoms. The molecule has 0 radical (unpaired) electrons. The Hall–Kier alpha value is -2.42. The highest BCUT2D eigenvalue weighted by molar-refractivity contribution is 7.54. The van der Waals surface area contributed by atoms with Gasteiger partial charge in [-0.15, -0.1) is 0 Å². The molecule has 5 N–H and O–H groups in total. The van der Waals surface area contributed by atoms with Gasteiger partial charge in [0, 0.05) is 6.20 Å². The van der Waals surface area contributed by atoms with Gasteiger partial charge in [-0.25, -0.2) is 19.4 Å². The van der Waals surface area contributed by atoms with Crippen LogP contribution in [0, 0.1) is 0 Å². The number of aromatic nitrogens is 2. The molecule has 0 aliphatic carbocycles. The van der Waals surface area contributed by atoms with E-state index in [0.29, 0.717) is 0 Å². The number of nitrogen functional groups attached to an aromatic ring is 1. The Kier molecular flexibility index (Phi) is 10.6. The van der Waals surface area contributed by atoms with E-state index in [1.807, 2.05) is 0 Å². The molecule has 1 aromatic rings. The molecule has 216 valence electrons. The summed E-state index contributed by atoms with van der Waals surface area (Å²) in [6, 6.07) is -1.06. The Balaban J connectivity index is 2.27. The molecule has 2 heterocycles. The first kappa shape index (κ1) is 31.8. The molecule has 0 amide bonds. The number of carbonyl (C=O) groups is 2. The number of nitrogens with zero attached hydrogens (tertiary/aromatic N) is 2. The van der Waals surface area contributed by atoms with Crippen LogP contribution in [0.3, 0.4) is 0 Å². The van der Waals surface area contributed by atoms with Crippen molar-refractivity contribution >= 4 is 25.4 Å². The molecule has 0 unspecified atom stereocenters. The zero-order valence-electron chi connectivity index (χ0n) is 22.4. The molecule has 1 aromatic heterocycles. The second-order valence-electron chi connectivity index (χ2n) is 9.75. The van der Waals surface area contributed by atoms with E-state index in [9.17, 15) is 24.1 Å². The maximum Gasteiger partial charge on any atom is 0.351 e. The molecule has 1 saturated heterocycles. The van der Waals surface area contributed by atoms with Crippen molar-refractivity contribution in [1.29, 1.82) is 0 Å². The zero-order valence-corrected chi connectivity index (χ0v) is 23.3. The van der Waals surface area contributed by atoms with Crippen LogP contribution in [0.2, 0.25) is 0 Å². The standard InChI is InChI=1S/C22H37FN5O9P/c1-11(2)35-19(30)13(5)26-38(33,27-14(6)20(31)36-12(3)4)34-10-22(7)17(23)16(29)18(37-22)28-9-8-15(24)25-21(28)32/h8-9,11-14,16-18,29H,10H2,1-7H3,(H2,24,25,32)(H2,26,27,33)/t13-,14-,16+,17-,18+,22+/m0/s1. The van der Waals surface area contributed by atoms with Gasteiger partial charge in [0.25, 0.3) is 0 Å². The van der Waals surface area contributed by atoms with Gasteiger partial charge in [-0.2, -0.15) is 4.98 Å². The predicted molar refractivity (Wildman–Crippen MR) is 134 cm³/mol. The Bertz CT molecular complexity index is 1070. The van der Waals surface area contributed by atoms with Crippen molar-refractivity contribution in [2.75, 3.05) is 12.3 Å². The van der Waals surface area contributed by atoms with Gasteiger partial charge < -0.3 is 29.6 Å². The van der Waals surface area contributed by atoms with Crippen molar-refractivity contribution in [3.05, 3.63) is 22.7 Å². The predicted octanol–water partition coefficient (Wildman–Crippen LogP) is 0.796. The third kappa shape index (κ3) is 8.04. The molecular formula is C22H37FN5O9P. The van der Waals surface area contributed by atoms with Crippen molar-refractivity contribution in [1.82, 2.24) is 19.7 Å².